The summed E-state index contributed by atoms with van der Waals surface area (Å²) >= 11 is 0. The van der Waals surface area contributed by atoms with Crippen molar-refractivity contribution in [2.24, 2.45) is 0 Å². The number of amides is 1. The number of benzene rings is 1. The van der Waals surface area contributed by atoms with Crippen LogP contribution in [-0.2, 0) is 4.79 Å². The van der Waals surface area contributed by atoms with Crippen molar-refractivity contribution in [3.63, 3.8) is 0 Å². The zero-order valence-corrected chi connectivity index (χ0v) is 11.9. The summed E-state index contributed by atoms with van der Waals surface area (Å²) in [5.74, 6) is 0.0809. The Hall–Kier alpha value is -2.02. The molecule has 106 valence electrons. The van der Waals surface area contributed by atoms with E-state index in [-0.39, 0.29) is 12.3 Å². The lowest BCUT2D eigenvalue weighted by molar-refractivity contribution is -0.132. The van der Waals surface area contributed by atoms with Gasteiger partial charge in [-0.25, -0.2) is 0 Å². The number of piperidine rings is 1. The van der Waals surface area contributed by atoms with Crippen LogP contribution < -0.4 is 5.32 Å². The van der Waals surface area contributed by atoms with Crippen LogP contribution in [0, 0.1) is 18.3 Å². The van der Waals surface area contributed by atoms with Gasteiger partial charge in [-0.3, -0.25) is 4.79 Å². The van der Waals surface area contributed by atoms with Crippen molar-refractivity contribution in [1.82, 2.24) is 4.90 Å². The molecular weight excluding hydrogens is 250 g/mol. The van der Waals surface area contributed by atoms with Crippen LogP contribution in [0.15, 0.2) is 24.3 Å². The maximum absolute atomic E-state index is 12.2. The molecule has 1 aromatic carbocycles. The molecular formula is C16H21N3O. The van der Waals surface area contributed by atoms with Gasteiger partial charge in [-0.2, -0.15) is 5.26 Å². The number of aryl methyl sites for hydroxylation is 1. The minimum Gasteiger partial charge on any atom is -0.369 e. The van der Waals surface area contributed by atoms with Gasteiger partial charge < -0.3 is 10.2 Å². The molecule has 0 aliphatic carbocycles. The Kier molecular flexibility index (Phi) is 5.00. The van der Waals surface area contributed by atoms with Gasteiger partial charge in [0.2, 0.25) is 5.91 Å². The second-order valence-corrected chi connectivity index (χ2v) is 5.29. The highest BCUT2D eigenvalue weighted by atomic mass is 16.2. The molecule has 1 saturated heterocycles. The van der Waals surface area contributed by atoms with Gasteiger partial charge in [0.15, 0.2) is 0 Å². The standard InChI is InChI=1S/C16H21N3O/c1-13-7-3-4-8-15(13)18-14(12-17)11-16(20)19-9-5-2-6-10-19/h3-4,7-8,14,18H,2,5-6,9-11H2,1H3. The Balaban J connectivity index is 1.94. The van der Waals surface area contributed by atoms with E-state index in [0.717, 1.165) is 37.2 Å². The van der Waals surface area contributed by atoms with Crippen LogP contribution in [-0.4, -0.2) is 29.9 Å². The van der Waals surface area contributed by atoms with Gasteiger partial charge in [0, 0.05) is 18.8 Å². The third-order valence-corrected chi connectivity index (χ3v) is 3.72. The topological polar surface area (TPSA) is 56.1 Å². The summed E-state index contributed by atoms with van der Waals surface area (Å²) in [5, 5.41) is 12.4. The molecule has 1 aromatic rings. The summed E-state index contributed by atoms with van der Waals surface area (Å²) in [7, 11) is 0. The number of carbonyl (C=O) groups excluding carboxylic acids is 1. The first-order chi connectivity index (χ1) is 9.70. The van der Waals surface area contributed by atoms with E-state index >= 15 is 0 Å². The monoisotopic (exact) mass is 271 g/mol. The number of nitrogens with zero attached hydrogens (tertiary/aromatic N) is 2. The molecule has 1 fully saturated rings. The Bertz CT molecular complexity index is 501. The van der Waals surface area contributed by atoms with Crippen LogP contribution >= 0.6 is 0 Å². The summed E-state index contributed by atoms with van der Waals surface area (Å²) in [6, 6.07) is 9.53. The van der Waals surface area contributed by atoms with E-state index in [0.29, 0.717) is 0 Å². The molecule has 0 aromatic heterocycles. The van der Waals surface area contributed by atoms with Gasteiger partial charge in [0.25, 0.3) is 0 Å². The molecule has 4 heteroatoms. The first-order valence-corrected chi connectivity index (χ1v) is 7.20. The van der Waals surface area contributed by atoms with Crippen molar-refractivity contribution >= 4 is 11.6 Å². The average molecular weight is 271 g/mol. The van der Waals surface area contributed by atoms with Crippen LogP contribution in [0.25, 0.3) is 0 Å². The zero-order chi connectivity index (χ0) is 14.4. The maximum Gasteiger partial charge on any atom is 0.225 e. The molecule has 0 bridgehead atoms. The Labute approximate surface area is 120 Å². The Morgan fingerprint density at radius 2 is 2.05 bits per heavy atom. The molecule has 0 spiro atoms. The summed E-state index contributed by atoms with van der Waals surface area (Å²) in [4.78, 5) is 14.1. The number of rotatable bonds is 4. The maximum atomic E-state index is 12.2. The Morgan fingerprint density at radius 1 is 1.35 bits per heavy atom. The summed E-state index contributed by atoms with van der Waals surface area (Å²) in [6.45, 7) is 3.66. The Morgan fingerprint density at radius 3 is 2.70 bits per heavy atom. The highest BCUT2D eigenvalue weighted by Gasteiger charge is 2.20. The number of nitrogens with one attached hydrogen (secondary N) is 1. The minimum atomic E-state index is -0.467. The van der Waals surface area contributed by atoms with Crippen LogP contribution in [0.4, 0.5) is 5.69 Å². The largest absolute Gasteiger partial charge is 0.369 e. The molecule has 1 amide bonds. The normalized spacial score (nSPS) is 16.3. The second kappa shape index (κ2) is 6.95. The molecule has 1 N–H and O–H groups in total. The quantitative estimate of drug-likeness (QED) is 0.916. The number of para-hydroxylation sites is 1. The lowest BCUT2D eigenvalue weighted by Crippen LogP contribution is -2.38. The molecule has 1 aliphatic heterocycles. The van der Waals surface area contributed by atoms with Crippen molar-refractivity contribution in [2.45, 2.75) is 38.6 Å². The highest BCUT2D eigenvalue weighted by molar-refractivity contribution is 5.78. The first kappa shape index (κ1) is 14.4. The fraction of sp³-hybridized carbons (Fsp3) is 0.500. The lowest BCUT2D eigenvalue weighted by atomic mass is 10.1. The van der Waals surface area contributed by atoms with Crippen LogP contribution in [0.1, 0.15) is 31.2 Å². The second-order valence-electron chi connectivity index (χ2n) is 5.29. The predicted molar refractivity (Wildman–Crippen MR) is 79.3 cm³/mol. The van der Waals surface area contributed by atoms with E-state index in [1.54, 1.807) is 0 Å². The lowest BCUT2D eigenvalue weighted by Gasteiger charge is -2.27. The molecule has 0 saturated carbocycles. The van der Waals surface area contributed by atoms with E-state index < -0.39 is 6.04 Å². The van der Waals surface area contributed by atoms with E-state index in [2.05, 4.69) is 11.4 Å². The first-order valence-electron chi connectivity index (χ1n) is 7.20. The average Bonchev–Trinajstić information content (AvgIpc) is 2.49. The third-order valence-electron chi connectivity index (χ3n) is 3.72. The van der Waals surface area contributed by atoms with Gasteiger partial charge in [-0.05, 0) is 37.8 Å². The van der Waals surface area contributed by atoms with Gasteiger partial charge in [-0.15, -0.1) is 0 Å². The number of carbonyl (C=O) groups is 1. The van der Waals surface area contributed by atoms with Crippen LogP contribution in [0.2, 0.25) is 0 Å². The minimum absolute atomic E-state index is 0.0809. The van der Waals surface area contributed by atoms with E-state index in [4.69, 9.17) is 0 Å². The molecule has 0 radical (unpaired) electrons. The highest BCUT2D eigenvalue weighted by Crippen LogP contribution is 2.16. The molecule has 20 heavy (non-hydrogen) atoms. The molecule has 1 unspecified atom stereocenters. The number of anilines is 1. The zero-order valence-electron chi connectivity index (χ0n) is 11.9. The predicted octanol–water partition coefficient (Wildman–Crippen LogP) is 2.70. The van der Waals surface area contributed by atoms with E-state index in [1.165, 1.54) is 6.42 Å². The van der Waals surface area contributed by atoms with Gasteiger partial charge in [-0.1, -0.05) is 18.2 Å². The van der Waals surface area contributed by atoms with E-state index in [1.807, 2.05) is 36.1 Å². The molecule has 1 aliphatic rings. The van der Waals surface area contributed by atoms with Gasteiger partial charge in [0.05, 0.1) is 12.5 Å². The number of hydrogen-bond acceptors (Lipinski definition) is 3. The van der Waals surface area contributed by atoms with Crippen molar-refractivity contribution < 1.29 is 4.79 Å². The van der Waals surface area contributed by atoms with Crippen molar-refractivity contribution in [2.75, 3.05) is 18.4 Å². The van der Waals surface area contributed by atoms with Crippen molar-refractivity contribution in [1.29, 1.82) is 5.26 Å². The summed E-state index contributed by atoms with van der Waals surface area (Å²) in [5.41, 5.74) is 2.00. The van der Waals surface area contributed by atoms with Crippen molar-refractivity contribution in [3.05, 3.63) is 29.8 Å². The van der Waals surface area contributed by atoms with Crippen LogP contribution in [0.3, 0.4) is 0 Å². The fourth-order valence-electron chi connectivity index (χ4n) is 2.50. The third kappa shape index (κ3) is 3.74. The number of nitriles is 1. The molecule has 4 nitrogen and oxygen atoms in total. The number of hydrogen-bond donors (Lipinski definition) is 1. The van der Waals surface area contributed by atoms with Gasteiger partial charge in [0.1, 0.15) is 6.04 Å². The van der Waals surface area contributed by atoms with Gasteiger partial charge >= 0.3 is 0 Å². The van der Waals surface area contributed by atoms with Crippen LogP contribution in [0.5, 0.6) is 0 Å². The molecule has 2 rings (SSSR count). The van der Waals surface area contributed by atoms with Crippen molar-refractivity contribution in [3.8, 4) is 6.07 Å². The smallest absolute Gasteiger partial charge is 0.225 e. The van der Waals surface area contributed by atoms with E-state index in [9.17, 15) is 10.1 Å². The molecule has 1 atom stereocenters. The SMILES string of the molecule is Cc1ccccc1NC(C#N)CC(=O)N1CCCCC1. The summed E-state index contributed by atoms with van der Waals surface area (Å²) < 4.78 is 0. The summed E-state index contributed by atoms with van der Waals surface area (Å²) in [6.07, 6.45) is 3.60. The number of likely N-dealkylation sites (tertiary alicyclic amines) is 1. The molecule has 1 heterocycles. The fourth-order valence-corrected chi connectivity index (χ4v) is 2.50.